The van der Waals surface area contributed by atoms with Crippen molar-refractivity contribution in [2.24, 2.45) is 32.5 Å². The van der Waals surface area contributed by atoms with Gasteiger partial charge in [-0.15, -0.1) is 0 Å². The Balaban J connectivity index is -0.000000184. The van der Waals surface area contributed by atoms with Crippen LogP contribution in [0.5, 0.6) is 0 Å². The van der Waals surface area contributed by atoms with Crippen LogP contribution in [-0.2, 0) is 28.8 Å². The second-order valence-electron chi connectivity index (χ2n) is 15.1. The Hall–Kier alpha value is -1.41. The van der Waals surface area contributed by atoms with Crippen LogP contribution in [0.1, 0.15) is 141 Å². The second kappa shape index (κ2) is 22.3. The molecule has 0 fully saturated rings. The van der Waals surface area contributed by atoms with Crippen molar-refractivity contribution in [2.75, 3.05) is 0 Å². The van der Waals surface area contributed by atoms with Crippen molar-refractivity contribution in [2.45, 2.75) is 141 Å². The van der Waals surface area contributed by atoms with E-state index in [1.54, 1.807) is 83.1 Å². The largest absolute Gasteiger partial charge is 3.00 e. The normalized spacial score (nSPS) is 12.0. The van der Waals surface area contributed by atoms with Gasteiger partial charge in [0, 0.05) is 52.1 Å². The fourth-order valence-electron chi connectivity index (χ4n) is 3.79. The zero-order chi connectivity index (χ0) is 36.8. The van der Waals surface area contributed by atoms with Crippen LogP contribution in [0.25, 0.3) is 0 Å². The summed E-state index contributed by atoms with van der Waals surface area (Å²) < 4.78 is 0. The van der Waals surface area contributed by atoms with Gasteiger partial charge < -0.3 is 59.4 Å². The van der Waals surface area contributed by atoms with E-state index < -0.39 is 68.3 Å². The fraction of sp³-hybridized carbons (Fsp3) is 0.818. The molecule has 0 aromatic carbocycles. The first-order valence-electron chi connectivity index (χ1n) is 15.1. The van der Waals surface area contributed by atoms with Crippen LogP contribution >= 0.6 is 0 Å². The molecule has 0 aromatic heterocycles. The van der Waals surface area contributed by atoms with Gasteiger partial charge in [0.25, 0.3) is 0 Å². The molecule has 0 rings (SSSR count). The van der Waals surface area contributed by atoms with Crippen molar-refractivity contribution in [3.05, 3.63) is 0 Å². The first kappa shape index (κ1) is 55.0. The van der Waals surface area contributed by atoms with Gasteiger partial charge in [-0.3, -0.25) is 0 Å². The first-order chi connectivity index (χ1) is 19.8. The Morgan fingerprint density at radius 3 is 0.617 bits per heavy atom. The number of carboxylic acid groups (broad SMARTS) is 6. The molecule has 12 nitrogen and oxygen atoms in total. The molecule has 4 radical (unpaired) electrons. The Morgan fingerprint density at radius 1 is 0.362 bits per heavy atom. The molecule has 0 amide bonds. The van der Waals surface area contributed by atoms with Crippen molar-refractivity contribution >= 4 is 88.2 Å². The third-order valence-electron chi connectivity index (χ3n) is 10.2. The number of carbonyl (C=O) groups is 6. The molecule has 0 aliphatic heterocycles. The summed E-state index contributed by atoms with van der Waals surface area (Å²) in [7, 11) is 0. The predicted molar refractivity (Wildman–Crippen MR) is 166 cm³/mol. The Kier molecular flexibility index (Phi) is 26.1. The van der Waals surface area contributed by atoms with Crippen LogP contribution in [0, 0.1) is 32.5 Å². The topological polar surface area (TPSA) is 241 Å². The quantitative estimate of drug-likeness (QED) is 0.141. The van der Waals surface area contributed by atoms with Crippen LogP contribution in [0.3, 0.4) is 0 Å². The Morgan fingerprint density at radius 2 is 0.511 bits per heavy atom. The molecule has 268 valence electrons. The zero-order valence-electron chi connectivity index (χ0n) is 30.2. The minimum absolute atomic E-state index is 0. The number of hydrogen-bond acceptors (Lipinski definition) is 12. The molecular weight excluding hydrogens is 1010 g/mol. The molecular formula is C33H54Bi2O12. The summed E-state index contributed by atoms with van der Waals surface area (Å²) in [4.78, 5) is 63.5. The number of rotatable bonds is 18. The van der Waals surface area contributed by atoms with E-state index in [2.05, 4.69) is 0 Å². The van der Waals surface area contributed by atoms with Gasteiger partial charge in [-0.1, -0.05) is 83.1 Å². The summed E-state index contributed by atoms with van der Waals surface area (Å²) >= 11 is 0. The zero-order valence-corrected chi connectivity index (χ0v) is 37.1. The van der Waals surface area contributed by atoms with Crippen molar-refractivity contribution < 1.29 is 59.4 Å². The second-order valence-corrected chi connectivity index (χ2v) is 15.1. The average Bonchev–Trinajstić information content (AvgIpc) is 2.83. The van der Waals surface area contributed by atoms with E-state index in [1.807, 2.05) is 0 Å². The molecule has 0 N–H and O–H groups in total. The molecule has 14 heteroatoms. The molecule has 0 aliphatic carbocycles. The van der Waals surface area contributed by atoms with Crippen molar-refractivity contribution in [1.29, 1.82) is 0 Å². The third kappa shape index (κ3) is 19.4. The van der Waals surface area contributed by atoms with Crippen molar-refractivity contribution in [1.82, 2.24) is 0 Å². The summed E-state index contributed by atoms with van der Waals surface area (Å²) in [6.07, 6.45) is 2.71. The van der Waals surface area contributed by atoms with E-state index in [1.165, 1.54) is 0 Å². The minimum Gasteiger partial charge on any atom is -0.550 e. The molecule has 47 heavy (non-hydrogen) atoms. The molecule has 0 aliphatic rings. The molecule has 0 spiro atoms. The average molecular weight is 1060 g/mol. The van der Waals surface area contributed by atoms with Crippen molar-refractivity contribution in [3.63, 3.8) is 0 Å². The maximum absolute atomic E-state index is 10.9. The van der Waals surface area contributed by atoms with Crippen LogP contribution < -0.4 is 30.6 Å². The van der Waals surface area contributed by atoms with Gasteiger partial charge >= 0.3 is 52.4 Å². The van der Waals surface area contributed by atoms with Crippen LogP contribution in [0.2, 0.25) is 0 Å². The van der Waals surface area contributed by atoms with Crippen LogP contribution in [-0.4, -0.2) is 88.2 Å². The van der Waals surface area contributed by atoms with Gasteiger partial charge in [-0.25, -0.2) is 0 Å². The fourth-order valence-corrected chi connectivity index (χ4v) is 3.79. The molecule has 0 aromatic rings. The van der Waals surface area contributed by atoms with Gasteiger partial charge in [-0.05, 0) is 74.0 Å². The molecule has 0 unspecified atom stereocenters. The van der Waals surface area contributed by atoms with E-state index >= 15 is 0 Å². The number of carboxylic acids is 6. The van der Waals surface area contributed by atoms with Crippen LogP contribution in [0.15, 0.2) is 0 Å². The maximum atomic E-state index is 10.9. The van der Waals surface area contributed by atoms with Gasteiger partial charge in [0.1, 0.15) is 0 Å². The van der Waals surface area contributed by atoms with Gasteiger partial charge in [0.2, 0.25) is 0 Å². The third-order valence-corrected chi connectivity index (χ3v) is 10.2. The van der Waals surface area contributed by atoms with Crippen molar-refractivity contribution in [3.8, 4) is 0 Å². The molecule has 0 atom stereocenters. The monoisotopic (exact) mass is 1060 g/mol. The van der Waals surface area contributed by atoms with Gasteiger partial charge in [-0.2, -0.15) is 0 Å². The van der Waals surface area contributed by atoms with Crippen LogP contribution in [0.4, 0.5) is 0 Å². The SMILES string of the molecule is CC(C)(CCCC(=O)[O-])C(C)(C)C(=O)[O-].CC(C)(CCCC(=O)[O-])C(C)(C)C(=O)[O-].CC(C)(CCCC(=O)[O-])C(C)(C)C(=O)[O-].[Bi+3].[Bi+3]. The summed E-state index contributed by atoms with van der Waals surface area (Å²) in [6.45, 7) is 20.4. The van der Waals surface area contributed by atoms with E-state index in [-0.39, 0.29) is 71.7 Å². The van der Waals surface area contributed by atoms with E-state index in [4.69, 9.17) is 0 Å². The first-order valence-corrected chi connectivity index (χ1v) is 15.1. The molecule has 0 heterocycles. The number of hydrogen-bond donors (Lipinski definition) is 0. The number of aliphatic carboxylic acids is 6. The van der Waals surface area contributed by atoms with E-state index in [0.29, 0.717) is 38.5 Å². The summed E-state index contributed by atoms with van der Waals surface area (Å²) in [5, 5.41) is 63.5. The summed E-state index contributed by atoms with van der Waals surface area (Å²) in [5.74, 6) is -6.63. The van der Waals surface area contributed by atoms with Gasteiger partial charge in [0.05, 0.1) is 0 Å². The van der Waals surface area contributed by atoms with E-state index in [0.717, 1.165) is 0 Å². The summed E-state index contributed by atoms with van der Waals surface area (Å²) in [6, 6.07) is 0. The summed E-state index contributed by atoms with van der Waals surface area (Å²) in [5.41, 5.74) is -4.42. The van der Waals surface area contributed by atoms with Gasteiger partial charge in [0.15, 0.2) is 0 Å². The standard InChI is InChI=1S/3C11H20O4.2Bi/c3*1-10(2,7-5-6-8(12)13)11(3,4)9(14)15;;/h3*5-7H2,1-4H3,(H,12,13)(H,14,15);;/q;;;2*+3/p-6. The number of carbonyl (C=O) groups excluding carboxylic acids is 6. The smallest absolute Gasteiger partial charge is 0.550 e. The molecule has 0 saturated heterocycles. The maximum Gasteiger partial charge on any atom is 3.00 e. The molecule has 0 bridgehead atoms. The molecule has 0 saturated carbocycles. The predicted octanol–water partition coefficient (Wildman–Crippen LogP) is -1.63. The Labute approximate surface area is 319 Å². The Bertz CT molecular complexity index is 900. The van der Waals surface area contributed by atoms with E-state index in [9.17, 15) is 59.4 Å². The minimum atomic E-state index is -1.11.